The first-order valence-corrected chi connectivity index (χ1v) is 17.3. The molecule has 39 heavy (non-hydrogen) atoms. The van der Waals surface area contributed by atoms with Gasteiger partial charge in [-0.1, -0.05) is 94.7 Å². The third-order valence-electron chi connectivity index (χ3n) is 8.15. The minimum absolute atomic E-state index is 0.697. The van der Waals surface area contributed by atoms with Crippen molar-refractivity contribution in [2.45, 2.75) is 168 Å². The maximum Gasteiger partial charge on any atom is 0.0201 e. The molecular weight excluding hydrogens is 474 g/mol. The van der Waals surface area contributed by atoms with Crippen molar-refractivity contribution in [1.82, 2.24) is 14.7 Å². The van der Waals surface area contributed by atoms with E-state index in [1.165, 1.54) is 45.4 Å². The van der Waals surface area contributed by atoms with E-state index in [0.29, 0.717) is 6.04 Å². The minimum Gasteiger partial charge on any atom is -0.301 e. The summed E-state index contributed by atoms with van der Waals surface area (Å²) in [6.07, 6.45) is 6.61. The van der Waals surface area contributed by atoms with E-state index in [0.717, 1.165) is 48.3 Å². The summed E-state index contributed by atoms with van der Waals surface area (Å²) in [5, 5.41) is 0. The molecule has 0 aliphatic carbocycles. The van der Waals surface area contributed by atoms with Crippen LogP contribution >= 0.6 is 0 Å². The first-order valence-electron chi connectivity index (χ1n) is 17.3. The molecule has 0 bridgehead atoms. The summed E-state index contributed by atoms with van der Waals surface area (Å²) in [5.74, 6) is 3.40. The van der Waals surface area contributed by atoms with Gasteiger partial charge in [-0.25, -0.2) is 0 Å². The normalized spacial score (nSPS) is 21.5. The topological polar surface area (TPSA) is 9.72 Å². The molecule has 0 aromatic heterocycles. The largest absolute Gasteiger partial charge is 0.301 e. The van der Waals surface area contributed by atoms with Crippen molar-refractivity contribution in [2.75, 3.05) is 32.7 Å². The van der Waals surface area contributed by atoms with Crippen molar-refractivity contribution in [1.29, 1.82) is 0 Å². The zero-order valence-electron chi connectivity index (χ0n) is 30.7. The second kappa shape index (κ2) is 25.3. The van der Waals surface area contributed by atoms with Crippen LogP contribution in [0.25, 0.3) is 0 Å². The second-order valence-electron chi connectivity index (χ2n) is 12.6. The Morgan fingerprint density at radius 3 is 1.38 bits per heavy atom. The van der Waals surface area contributed by atoms with E-state index in [2.05, 4.69) is 104 Å². The van der Waals surface area contributed by atoms with Crippen molar-refractivity contribution < 1.29 is 0 Å². The third kappa shape index (κ3) is 17.9. The SMILES string of the molecule is CC.CC.CC.CC(C)C1=CCN(C(C)C)C1.CC(C)C1CCCN1C(C)C.CC(C)C1CCN(C(C)C)C1. The number of hydrogen-bond donors (Lipinski definition) is 0. The lowest BCUT2D eigenvalue weighted by Crippen LogP contribution is -2.38. The van der Waals surface area contributed by atoms with Gasteiger partial charge in [0.25, 0.3) is 0 Å². The molecule has 3 nitrogen and oxygen atoms in total. The van der Waals surface area contributed by atoms with Gasteiger partial charge in [-0.3, -0.25) is 9.80 Å². The molecule has 238 valence electrons. The molecule has 2 fully saturated rings. The van der Waals surface area contributed by atoms with Crippen molar-refractivity contribution in [2.24, 2.45) is 23.7 Å². The standard InChI is InChI=1S/C10H21N.C10H19N.C10H21N.3C2H6/c2*1-8(2)10-5-6-11(7-10)9(3)4;1-8(2)10-6-5-7-11(10)9(3)4;3*1-2/h8-10H,5-7H2,1-4H3;5,8-9H,6-7H2,1-4H3;8-10H,5-7H2,1-4H3;3*1-2H3. The van der Waals surface area contributed by atoms with Gasteiger partial charge in [0, 0.05) is 43.8 Å². The van der Waals surface area contributed by atoms with E-state index in [1.54, 1.807) is 5.57 Å². The Morgan fingerprint density at radius 1 is 0.615 bits per heavy atom. The van der Waals surface area contributed by atoms with Crippen LogP contribution in [0.4, 0.5) is 0 Å². The fraction of sp³-hybridized carbons (Fsp3) is 0.944. The van der Waals surface area contributed by atoms with Gasteiger partial charge in [0.2, 0.25) is 0 Å². The van der Waals surface area contributed by atoms with Crippen LogP contribution < -0.4 is 0 Å². The average molecular weight is 554 g/mol. The number of likely N-dealkylation sites (tertiary alicyclic amines) is 2. The Morgan fingerprint density at radius 2 is 1.13 bits per heavy atom. The number of rotatable bonds is 6. The summed E-state index contributed by atoms with van der Waals surface area (Å²) in [5.41, 5.74) is 1.61. The quantitative estimate of drug-likeness (QED) is 0.303. The predicted octanol–water partition coefficient (Wildman–Crippen LogP) is 10.3. The molecule has 0 saturated carbocycles. The molecule has 3 rings (SSSR count). The predicted molar refractivity (Wildman–Crippen MR) is 183 cm³/mol. The van der Waals surface area contributed by atoms with Gasteiger partial charge < -0.3 is 4.90 Å². The highest BCUT2D eigenvalue weighted by molar-refractivity contribution is 5.14. The highest BCUT2D eigenvalue weighted by atomic mass is 15.2. The van der Waals surface area contributed by atoms with Gasteiger partial charge in [-0.15, -0.1) is 0 Å². The van der Waals surface area contributed by atoms with E-state index in [-0.39, 0.29) is 0 Å². The number of hydrogen-bond acceptors (Lipinski definition) is 3. The van der Waals surface area contributed by atoms with Gasteiger partial charge in [0.05, 0.1) is 0 Å². The fourth-order valence-corrected chi connectivity index (χ4v) is 5.41. The van der Waals surface area contributed by atoms with Gasteiger partial charge in [-0.2, -0.15) is 0 Å². The Balaban J connectivity index is -0.000000453. The maximum atomic E-state index is 2.64. The highest BCUT2D eigenvalue weighted by Gasteiger charge is 2.28. The summed E-state index contributed by atoms with van der Waals surface area (Å²) in [6, 6.07) is 3.04. The van der Waals surface area contributed by atoms with E-state index in [9.17, 15) is 0 Å². The summed E-state index contributed by atoms with van der Waals surface area (Å²) in [4.78, 5) is 7.73. The molecular formula is C36H79N3. The smallest absolute Gasteiger partial charge is 0.0201 e. The first kappa shape index (κ1) is 43.1. The Kier molecular flexibility index (Phi) is 28.0. The van der Waals surface area contributed by atoms with Crippen LogP contribution in [0.15, 0.2) is 11.6 Å². The molecule has 2 unspecified atom stereocenters. The van der Waals surface area contributed by atoms with E-state index >= 15 is 0 Å². The van der Waals surface area contributed by atoms with E-state index in [1.807, 2.05) is 41.5 Å². The van der Waals surface area contributed by atoms with Crippen molar-refractivity contribution in [3.05, 3.63) is 11.6 Å². The lowest BCUT2D eigenvalue weighted by Gasteiger charge is -2.30. The molecule has 2 saturated heterocycles. The highest BCUT2D eigenvalue weighted by Crippen LogP contribution is 2.26. The molecule has 0 aromatic carbocycles. The molecule has 0 N–H and O–H groups in total. The zero-order chi connectivity index (χ0) is 31.3. The molecule has 0 radical (unpaired) electrons. The van der Waals surface area contributed by atoms with Crippen LogP contribution in [0.5, 0.6) is 0 Å². The van der Waals surface area contributed by atoms with Gasteiger partial charge in [-0.05, 0) is 97.6 Å². The molecule has 0 aromatic rings. The summed E-state index contributed by atoms with van der Waals surface area (Å²) >= 11 is 0. The zero-order valence-corrected chi connectivity index (χ0v) is 30.7. The average Bonchev–Trinajstić information content (AvgIpc) is 3.69. The molecule has 2 atom stereocenters. The van der Waals surface area contributed by atoms with E-state index < -0.39 is 0 Å². The van der Waals surface area contributed by atoms with Crippen LogP contribution in [0.1, 0.15) is 144 Å². The lowest BCUT2D eigenvalue weighted by atomic mass is 9.95. The summed E-state index contributed by atoms with van der Waals surface area (Å²) in [7, 11) is 0. The van der Waals surface area contributed by atoms with Gasteiger partial charge >= 0.3 is 0 Å². The summed E-state index contributed by atoms with van der Waals surface area (Å²) in [6.45, 7) is 45.9. The number of nitrogens with zero attached hydrogens (tertiary/aromatic N) is 3. The second-order valence-corrected chi connectivity index (χ2v) is 12.6. The first-order chi connectivity index (χ1) is 18.3. The molecule has 0 spiro atoms. The Hall–Kier alpha value is -0.380. The van der Waals surface area contributed by atoms with E-state index in [4.69, 9.17) is 0 Å². The van der Waals surface area contributed by atoms with Crippen LogP contribution in [-0.4, -0.2) is 71.6 Å². The molecule has 3 aliphatic rings. The fourth-order valence-electron chi connectivity index (χ4n) is 5.41. The third-order valence-corrected chi connectivity index (χ3v) is 8.15. The van der Waals surface area contributed by atoms with Crippen LogP contribution in [0.3, 0.4) is 0 Å². The van der Waals surface area contributed by atoms with Crippen LogP contribution in [0.2, 0.25) is 0 Å². The van der Waals surface area contributed by atoms with Gasteiger partial charge in [0.15, 0.2) is 0 Å². The molecule has 3 heterocycles. The van der Waals surface area contributed by atoms with Crippen molar-refractivity contribution >= 4 is 0 Å². The molecule has 3 aliphatic heterocycles. The summed E-state index contributed by atoms with van der Waals surface area (Å²) < 4.78 is 0. The van der Waals surface area contributed by atoms with Crippen molar-refractivity contribution in [3.8, 4) is 0 Å². The minimum atomic E-state index is 0.697. The van der Waals surface area contributed by atoms with Crippen LogP contribution in [0, 0.1) is 23.7 Å². The van der Waals surface area contributed by atoms with Gasteiger partial charge in [0.1, 0.15) is 0 Å². The monoisotopic (exact) mass is 554 g/mol. The van der Waals surface area contributed by atoms with Crippen LogP contribution in [-0.2, 0) is 0 Å². The Bertz CT molecular complexity index is 511. The van der Waals surface area contributed by atoms with Crippen molar-refractivity contribution in [3.63, 3.8) is 0 Å². The Labute approximate surface area is 250 Å². The molecule has 0 amide bonds. The maximum absolute atomic E-state index is 2.64. The molecule has 3 heteroatoms. The lowest BCUT2D eigenvalue weighted by molar-refractivity contribution is 0.166.